The molecular formula is C4H6O. The highest BCUT2D eigenvalue weighted by Crippen LogP contribution is 1.76. The summed E-state index contributed by atoms with van der Waals surface area (Å²) in [4.78, 5) is 9.38. The molecule has 0 rings (SSSR count). The summed E-state index contributed by atoms with van der Waals surface area (Å²) >= 11 is 0. The van der Waals surface area contributed by atoms with E-state index in [0.717, 1.165) is 0 Å². The average Bonchev–Trinajstić information content (AvgIpc) is 1.38. The second-order valence-corrected chi connectivity index (χ2v) is 0.896. The lowest BCUT2D eigenvalue weighted by molar-refractivity contribution is -0.109. The molecule has 0 bridgehead atoms. The van der Waals surface area contributed by atoms with Gasteiger partial charge in [-0.2, -0.15) is 0 Å². The maximum atomic E-state index is 9.38. The van der Waals surface area contributed by atoms with Gasteiger partial charge >= 0.3 is 0 Å². The topological polar surface area (TPSA) is 17.1 Å². The maximum Gasteiger partial charge on any atom is 0.123 e. The molecule has 1 nitrogen and oxygen atoms in total. The van der Waals surface area contributed by atoms with Crippen molar-refractivity contribution in [2.24, 2.45) is 5.92 Å². The third-order valence-corrected chi connectivity index (χ3v) is 0.192. The molecule has 0 N–H and O–H groups in total. The van der Waals surface area contributed by atoms with Gasteiger partial charge in [0.05, 0.1) is 0 Å². The summed E-state index contributed by atoms with van der Waals surface area (Å²) in [6.45, 7) is 6.56. The molecule has 5 heavy (non-hydrogen) atoms. The molecule has 0 aromatic rings. The van der Waals surface area contributed by atoms with E-state index in [9.17, 15) is 4.79 Å². The molecule has 0 amide bonds. The van der Waals surface area contributed by atoms with Crippen LogP contribution in [-0.2, 0) is 4.79 Å². The van der Waals surface area contributed by atoms with E-state index in [1.165, 1.54) is 0 Å². The molecule has 0 unspecified atom stereocenters. The molecule has 0 heterocycles. The van der Waals surface area contributed by atoms with Gasteiger partial charge in [-0.1, -0.05) is 0 Å². The fourth-order valence-corrected chi connectivity index (χ4v) is 0. The Balaban J connectivity index is 2.83. The Morgan fingerprint density at radius 1 is 1.60 bits per heavy atom. The van der Waals surface area contributed by atoms with Crippen LogP contribution < -0.4 is 0 Å². The Morgan fingerprint density at radius 3 is 1.80 bits per heavy atom. The van der Waals surface area contributed by atoms with E-state index in [1.807, 2.05) is 0 Å². The Kier molecular flexibility index (Phi) is 1.81. The van der Waals surface area contributed by atoms with Crippen molar-refractivity contribution in [1.82, 2.24) is 0 Å². The first kappa shape index (κ1) is 4.67. The van der Waals surface area contributed by atoms with Crippen LogP contribution >= 0.6 is 0 Å². The van der Waals surface area contributed by atoms with Gasteiger partial charge in [0.1, 0.15) is 6.29 Å². The van der Waals surface area contributed by atoms with Crippen LogP contribution in [-0.4, -0.2) is 6.29 Å². The highest BCUT2D eigenvalue weighted by atomic mass is 16.1. The zero-order valence-electron chi connectivity index (χ0n) is 2.98. The molecule has 1 heteroatoms. The molecule has 0 saturated heterocycles. The first-order valence-electron chi connectivity index (χ1n) is 1.39. The number of hydrogen-bond acceptors (Lipinski definition) is 1. The van der Waals surface area contributed by atoms with Crippen LogP contribution in [0.2, 0.25) is 0 Å². The highest BCUT2D eigenvalue weighted by Gasteiger charge is 1.80. The predicted octanol–water partition coefficient (Wildman–Crippen LogP) is 0.470. The predicted molar refractivity (Wildman–Crippen MR) is 20.3 cm³/mol. The lowest BCUT2D eigenvalue weighted by Gasteiger charge is -1.78. The van der Waals surface area contributed by atoms with E-state index in [4.69, 9.17) is 0 Å². The summed E-state index contributed by atoms with van der Waals surface area (Å²) in [5.74, 6) is -0.296. The largest absolute Gasteiger partial charge is 0.303 e. The molecule has 0 aromatic heterocycles. The van der Waals surface area contributed by atoms with Crippen LogP contribution in [0.5, 0.6) is 0 Å². The molecular weight excluding hydrogens is 64.0 g/mol. The summed E-state index contributed by atoms with van der Waals surface area (Å²) in [6.07, 6.45) is 0.694. The van der Waals surface area contributed by atoms with Crippen LogP contribution in [0.25, 0.3) is 0 Å². The lowest BCUT2D eigenvalue weighted by Crippen LogP contribution is -1.84. The molecule has 0 spiro atoms. The number of aldehydes is 1. The van der Waals surface area contributed by atoms with Gasteiger partial charge in [0, 0.05) is 5.92 Å². The van der Waals surface area contributed by atoms with Crippen molar-refractivity contribution < 1.29 is 4.79 Å². The minimum absolute atomic E-state index is 0.296. The molecule has 28 valence electrons. The Bertz CT molecular complexity index is 30.6. The van der Waals surface area contributed by atoms with E-state index in [2.05, 4.69) is 13.8 Å². The molecule has 0 aromatic carbocycles. The van der Waals surface area contributed by atoms with Crippen LogP contribution in [0.1, 0.15) is 0 Å². The van der Waals surface area contributed by atoms with Crippen molar-refractivity contribution >= 4 is 6.29 Å². The van der Waals surface area contributed by atoms with Gasteiger partial charge in [0.15, 0.2) is 0 Å². The van der Waals surface area contributed by atoms with Gasteiger partial charge < -0.3 is 4.79 Å². The second-order valence-electron chi connectivity index (χ2n) is 0.896. The number of hydrogen-bond donors (Lipinski definition) is 0. The quantitative estimate of drug-likeness (QED) is 0.410. The normalized spacial score (nSPS) is 8.60. The molecule has 0 aliphatic carbocycles. The van der Waals surface area contributed by atoms with Crippen LogP contribution in [0, 0.1) is 19.8 Å². The summed E-state index contributed by atoms with van der Waals surface area (Å²) in [6, 6.07) is 0. The fourth-order valence-electron chi connectivity index (χ4n) is 0. The first-order valence-corrected chi connectivity index (χ1v) is 1.39. The maximum absolute atomic E-state index is 9.38. The monoisotopic (exact) mass is 70.0 g/mol. The fraction of sp³-hybridized carbons (Fsp3) is 0.250. The Labute approximate surface area is 32.0 Å². The first-order chi connectivity index (χ1) is 2.27. The van der Waals surface area contributed by atoms with Crippen molar-refractivity contribution in [2.45, 2.75) is 0 Å². The molecule has 0 aliphatic rings. The zero-order valence-corrected chi connectivity index (χ0v) is 2.98. The molecule has 0 atom stereocenters. The number of carbonyl (C=O) groups excluding carboxylic acids is 1. The molecule has 0 aliphatic heterocycles. The summed E-state index contributed by atoms with van der Waals surface area (Å²) in [7, 11) is 0. The number of carbonyl (C=O) groups is 1. The van der Waals surface area contributed by atoms with Crippen molar-refractivity contribution in [3.05, 3.63) is 13.8 Å². The minimum atomic E-state index is -0.296. The summed E-state index contributed by atoms with van der Waals surface area (Å²) in [5.41, 5.74) is 0. The van der Waals surface area contributed by atoms with Gasteiger partial charge in [0.2, 0.25) is 0 Å². The third kappa shape index (κ3) is 3.67. The van der Waals surface area contributed by atoms with Crippen LogP contribution in [0.3, 0.4) is 0 Å². The second kappa shape index (κ2) is 1.94. The van der Waals surface area contributed by atoms with Gasteiger partial charge in [-0.15, -0.1) is 0 Å². The standard InChI is InChI=1S/C4H6O/c1-4(2)3-5/h3-4H,1-2H2. The van der Waals surface area contributed by atoms with Crippen molar-refractivity contribution in [3.63, 3.8) is 0 Å². The van der Waals surface area contributed by atoms with E-state index >= 15 is 0 Å². The van der Waals surface area contributed by atoms with Gasteiger partial charge in [-0.3, -0.25) is 0 Å². The Morgan fingerprint density at radius 2 is 1.80 bits per heavy atom. The third-order valence-electron chi connectivity index (χ3n) is 0.192. The van der Waals surface area contributed by atoms with Gasteiger partial charge in [0.25, 0.3) is 0 Å². The van der Waals surface area contributed by atoms with E-state index < -0.39 is 0 Å². The van der Waals surface area contributed by atoms with Crippen LogP contribution in [0.4, 0.5) is 0 Å². The van der Waals surface area contributed by atoms with E-state index in [0.29, 0.717) is 6.29 Å². The highest BCUT2D eigenvalue weighted by molar-refractivity contribution is 5.54. The number of rotatable bonds is 1. The van der Waals surface area contributed by atoms with Crippen LogP contribution in [0.15, 0.2) is 0 Å². The summed E-state index contributed by atoms with van der Waals surface area (Å²) < 4.78 is 0. The van der Waals surface area contributed by atoms with E-state index in [1.54, 1.807) is 0 Å². The van der Waals surface area contributed by atoms with Gasteiger partial charge in [-0.05, 0) is 13.8 Å². The Hall–Kier alpha value is -0.330. The molecule has 0 fully saturated rings. The minimum Gasteiger partial charge on any atom is -0.303 e. The summed E-state index contributed by atoms with van der Waals surface area (Å²) in [5, 5.41) is 0. The van der Waals surface area contributed by atoms with Crippen molar-refractivity contribution in [1.29, 1.82) is 0 Å². The average molecular weight is 70.1 g/mol. The molecule has 0 saturated carbocycles. The van der Waals surface area contributed by atoms with E-state index in [-0.39, 0.29) is 5.92 Å². The molecule has 2 radical (unpaired) electrons. The smallest absolute Gasteiger partial charge is 0.123 e. The van der Waals surface area contributed by atoms with Crippen molar-refractivity contribution in [3.8, 4) is 0 Å². The van der Waals surface area contributed by atoms with Gasteiger partial charge in [-0.25, -0.2) is 0 Å². The lowest BCUT2D eigenvalue weighted by atomic mass is 10.3. The van der Waals surface area contributed by atoms with Crippen molar-refractivity contribution in [2.75, 3.05) is 0 Å². The zero-order chi connectivity index (χ0) is 4.28. The SMILES string of the molecule is [CH2]C([CH2])C=O.